The van der Waals surface area contributed by atoms with Gasteiger partial charge >= 0.3 is 5.97 Å². The Bertz CT molecular complexity index is 456. The van der Waals surface area contributed by atoms with Gasteiger partial charge in [-0.25, -0.2) is 4.79 Å². The molecule has 1 rings (SSSR count). The van der Waals surface area contributed by atoms with E-state index in [9.17, 15) is 4.79 Å². The van der Waals surface area contributed by atoms with Crippen LogP contribution in [0.25, 0.3) is 0 Å². The highest BCUT2D eigenvalue weighted by molar-refractivity contribution is 7.71. The summed E-state index contributed by atoms with van der Waals surface area (Å²) in [5.41, 5.74) is 0. The van der Waals surface area contributed by atoms with Crippen LogP contribution >= 0.6 is 12.2 Å². The van der Waals surface area contributed by atoms with Gasteiger partial charge in [0.25, 0.3) is 0 Å². The number of carbonyl (C=O) groups is 1. The fourth-order valence-electron chi connectivity index (χ4n) is 2.22. The third kappa shape index (κ3) is 8.66. The van der Waals surface area contributed by atoms with Gasteiger partial charge in [0.2, 0.25) is 0 Å². The van der Waals surface area contributed by atoms with Crippen molar-refractivity contribution in [2.45, 2.75) is 71.1 Å². The van der Waals surface area contributed by atoms with E-state index >= 15 is 0 Å². The number of carbonyl (C=O) groups excluding carboxylic acids is 1. The first-order chi connectivity index (χ1) is 10.2. The first-order valence-corrected chi connectivity index (χ1v) is 8.53. The third-order valence-electron chi connectivity index (χ3n) is 3.47. The highest BCUT2D eigenvalue weighted by Gasteiger charge is 2.04. The summed E-state index contributed by atoms with van der Waals surface area (Å²) in [5, 5.41) is 0. The van der Waals surface area contributed by atoms with E-state index in [1.165, 1.54) is 49.7 Å². The molecule has 0 fully saturated rings. The molecule has 4 heteroatoms. The van der Waals surface area contributed by atoms with Gasteiger partial charge in [0.1, 0.15) is 4.64 Å². The summed E-state index contributed by atoms with van der Waals surface area (Å²) >= 11 is 5.07. The van der Waals surface area contributed by atoms with E-state index in [1.807, 2.05) is 6.07 Å². The monoisotopic (exact) mass is 309 g/mol. The van der Waals surface area contributed by atoms with Gasteiger partial charge in [-0.3, -0.25) is 0 Å². The second-order valence-corrected chi connectivity index (χ2v) is 5.82. The summed E-state index contributed by atoms with van der Waals surface area (Å²) in [4.78, 5) is 16.9. The molecule has 1 aromatic rings. The highest BCUT2D eigenvalue weighted by atomic mass is 32.1. The molecule has 0 unspecified atom stereocenters. The fourth-order valence-corrected chi connectivity index (χ4v) is 2.40. The second-order valence-electron chi connectivity index (χ2n) is 5.41. The van der Waals surface area contributed by atoms with Gasteiger partial charge in [-0.05, 0) is 18.6 Å². The number of hydrogen-bond acceptors (Lipinski definition) is 3. The van der Waals surface area contributed by atoms with Crippen molar-refractivity contribution in [3.63, 3.8) is 0 Å². The number of rotatable bonds is 11. The molecule has 1 heterocycles. The normalized spacial score (nSPS) is 10.5. The Kier molecular flexibility index (Phi) is 9.79. The third-order valence-corrected chi connectivity index (χ3v) is 3.79. The van der Waals surface area contributed by atoms with Gasteiger partial charge in [0.05, 0.1) is 0 Å². The molecule has 0 aliphatic heterocycles. The Labute approximate surface area is 133 Å². The molecule has 0 aliphatic rings. The lowest BCUT2D eigenvalue weighted by Crippen LogP contribution is -2.19. The molecule has 0 spiro atoms. The maximum atomic E-state index is 11.7. The Hall–Kier alpha value is -1.16. The van der Waals surface area contributed by atoms with E-state index in [2.05, 4.69) is 6.92 Å². The summed E-state index contributed by atoms with van der Waals surface area (Å²) in [5.74, 6) is -0.208. The molecule has 1 aromatic heterocycles. The molecule has 0 saturated carbocycles. The topological polar surface area (TPSA) is 31.2 Å². The lowest BCUT2D eigenvalue weighted by atomic mass is 10.1. The van der Waals surface area contributed by atoms with Crippen molar-refractivity contribution in [3.8, 4) is 0 Å². The minimum Gasteiger partial charge on any atom is -0.336 e. The predicted molar refractivity (Wildman–Crippen MR) is 88.7 cm³/mol. The zero-order valence-electron chi connectivity index (χ0n) is 13.1. The smallest absolute Gasteiger partial charge is 0.332 e. The molecule has 0 aliphatic carbocycles. The van der Waals surface area contributed by atoms with Crippen molar-refractivity contribution >= 4 is 18.2 Å². The Morgan fingerprint density at radius 2 is 1.67 bits per heavy atom. The highest BCUT2D eigenvalue weighted by Crippen LogP contribution is 2.10. The van der Waals surface area contributed by atoms with Crippen LogP contribution in [0.3, 0.4) is 0 Å². The summed E-state index contributed by atoms with van der Waals surface area (Å²) in [6.07, 6.45) is 13.3. The van der Waals surface area contributed by atoms with Crippen molar-refractivity contribution in [2.24, 2.45) is 0 Å². The van der Waals surface area contributed by atoms with Crippen LogP contribution in [-0.4, -0.2) is 10.7 Å². The number of unbranched alkanes of at least 4 members (excludes halogenated alkanes) is 8. The Morgan fingerprint density at radius 3 is 2.29 bits per heavy atom. The molecular formula is C17H27NO2S. The molecule has 21 heavy (non-hydrogen) atoms. The number of nitrogens with zero attached hydrogens (tertiary/aromatic N) is 1. The summed E-state index contributed by atoms with van der Waals surface area (Å²) < 4.78 is 1.86. The average molecular weight is 309 g/mol. The van der Waals surface area contributed by atoms with Gasteiger partial charge < -0.3 is 4.84 Å². The lowest BCUT2D eigenvalue weighted by molar-refractivity contribution is -0.144. The van der Waals surface area contributed by atoms with E-state index in [0.29, 0.717) is 11.1 Å². The number of aromatic nitrogens is 1. The molecule has 0 radical (unpaired) electrons. The standard InChI is InChI=1S/C17H27NO2S/c1-2-3-4-5-6-7-8-9-10-14-17(19)20-18-15-12-11-13-16(18)21/h11-13,15H,2-10,14H2,1H3. The minimum atomic E-state index is -0.208. The summed E-state index contributed by atoms with van der Waals surface area (Å²) in [6, 6.07) is 5.36. The molecule has 3 nitrogen and oxygen atoms in total. The molecule has 0 saturated heterocycles. The fraction of sp³-hybridized carbons (Fsp3) is 0.647. The van der Waals surface area contributed by atoms with E-state index in [1.54, 1.807) is 18.3 Å². The van der Waals surface area contributed by atoms with Crippen LogP contribution in [0.5, 0.6) is 0 Å². The van der Waals surface area contributed by atoms with Crippen molar-refractivity contribution in [2.75, 3.05) is 0 Å². The molecule has 118 valence electrons. The number of hydrogen-bond donors (Lipinski definition) is 0. The quantitative estimate of drug-likeness (QED) is 0.421. The molecule has 0 N–H and O–H groups in total. The van der Waals surface area contributed by atoms with Crippen LogP contribution in [-0.2, 0) is 4.79 Å². The predicted octanol–water partition coefficient (Wildman–Crippen LogP) is 5.09. The van der Waals surface area contributed by atoms with E-state index < -0.39 is 0 Å². The summed E-state index contributed by atoms with van der Waals surface area (Å²) in [7, 11) is 0. The van der Waals surface area contributed by atoms with Crippen molar-refractivity contribution in [1.82, 2.24) is 4.73 Å². The van der Waals surface area contributed by atoms with Crippen molar-refractivity contribution < 1.29 is 9.63 Å². The SMILES string of the molecule is CCCCCCCCCCCC(=O)On1ccccc1=S. The maximum absolute atomic E-state index is 11.7. The Morgan fingerprint density at radius 1 is 1.05 bits per heavy atom. The molecule has 0 amide bonds. The van der Waals surface area contributed by atoms with Crippen LogP contribution in [0.2, 0.25) is 0 Å². The van der Waals surface area contributed by atoms with E-state index in [4.69, 9.17) is 17.1 Å². The van der Waals surface area contributed by atoms with Gasteiger partial charge in [0.15, 0.2) is 0 Å². The van der Waals surface area contributed by atoms with Gasteiger partial charge in [-0.15, -0.1) is 0 Å². The molecular weight excluding hydrogens is 282 g/mol. The van der Waals surface area contributed by atoms with Crippen LogP contribution in [0.1, 0.15) is 71.1 Å². The molecule has 0 aromatic carbocycles. The summed E-state index contributed by atoms with van der Waals surface area (Å²) in [6.45, 7) is 2.24. The molecule has 0 atom stereocenters. The lowest BCUT2D eigenvalue weighted by Gasteiger charge is -2.06. The van der Waals surface area contributed by atoms with E-state index in [0.717, 1.165) is 12.8 Å². The number of pyridine rings is 1. The first kappa shape index (κ1) is 17.9. The van der Waals surface area contributed by atoms with Crippen LogP contribution < -0.4 is 4.84 Å². The largest absolute Gasteiger partial charge is 0.336 e. The maximum Gasteiger partial charge on any atom is 0.332 e. The van der Waals surface area contributed by atoms with Gasteiger partial charge in [-0.1, -0.05) is 76.6 Å². The van der Waals surface area contributed by atoms with Crippen molar-refractivity contribution in [1.29, 1.82) is 0 Å². The van der Waals surface area contributed by atoms with Gasteiger partial charge in [-0.2, -0.15) is 4.73 Å². The van der Waals surface area contributed by atoms with E-state index in [-0.39, 0.29) is 5.97 Å². The second kappa shape index (κ2) is 11.5. The van der Waals surface area contributed by atoms with Crippen LogP contribution in [0.15, 0.2) is 24.4 Å². The zero-order valence-corrected chi connectivity index (χ0v) is 13.9. The van der Waals surface area contributed by atoms with Gasteiger partial charge in [0, 0.05) is 12.6 Å². The van der Waals surface area contributed by atoms with Crippen LogP contribution in [0.4, 0.5) is 0 Å². The molecule has 0 bridgehead atoms. The minimum absolute atomic E-state index is 0.208. The first-order valence-electron chi connectivity index (χ1n) is 8.13. The van der Waals surface area contributed by atoms with Crippen molar-refractivity contribution in [3.05, 3.63) is 29.0 Å². The van der Waals surface area contributed by atoms with Crippen LogP contribution in [0, 0.1) is 4.64 Å². The Balaban J connectivity index is 2.01. The zero-order chi connectivity index (χ0) is 15.3. The average Bonchev–Trinajstić information content (AvgIpc) is 2.48.